The van der Waals surface area contributed by atoms with Crippen molar-refractivity contribution >= 4 is 34.5 Å². The van der Waals surface area contributed by atoms with Gasteiger partial charge < -0.3 is 9.47 Å². The van der Waals surface area contributed by atoms with E-state index in [-0.39, 0.29) is 16.9 Å². The molecule has 1 aliphatic carbocycles. The van der Waals surface area contributed by atoms with Crippen LogP contribution in [0.2, 0.25) is 0 Å². The molecule has 172 valence electrons. The average molecular weight is 477 g/mol. The molecule has 7 rings (SSSR count). The summed E-state index contributed by atoms with van der Waals surface area (Å²) in [6, 6.07) is 30.2. The lowest BCUT2D eigenvalue weighted by atomic mass is 9.97. The molecule has 0 spiro atoms. The van der Waals surface area contributed by atoms with Gasteiger partial charge in [-0.3, -0.25) is 9.69 Å². The predicted molar refractivity (Wildman–Crippen MR) is 138 cm³/mol. The summed E-state index contributed by atoms with van der Waals surface area (Å²) in [5.41, 5.74) is 4.79. The Labute approximate surface area is 212 Å². The maximum Gasteiger partial charge on any atom is 0.194 e. The third kappa shape index (κ3) is 2.94. The molecule has 2 aliphatic heterocycles. The van der Waals surface area contributed by atoms with E-state index in [2.05, 4.69) is 4.90 Å². The number of carbonyl (C=O) groups is 1. The molecule has 0 radical (unpaired) electrons. The number of carbonyl (C=O) groups excluding carboxylic acids is 1. The molecule has 4 aromatic carbocycles. The van der Waals surface area contributed by atoms with Gasteiger partial charge in [0.05, 0.1) is 11.4 Å². The third-order valence-corrected chi connectivity index (χ3v) is 6.68. The van der Waals surface area contributed by atoms with E-state index in [4.69, 9.17) is 9.47 Å². The highest BCUT2D eigenvalue weighted by atomic mass is 16.5. The lowest BCUT2D eigenvalue weighted by Gasteiger charge is -2.38. The maximum atomic E-state index is 13.4. The van der Waals surface area contributed by atoms with Crippen molar-refractivity contribution in [3.05, 3.63) is 113 Å². The van der Waals surface area contributed by atoms with Crippen LogP contribution in [0.4, 0.5) is 17.1 Å². The summed E-state index contributed by atoms with van der Waals surface area (Å²) < 4.78 is 12.6. The topological polar surface area (TPSA) is 86.3 Å². The number of ether oxygens (including phenoxy) is 2. The molecule has 0 aromatic heterocycles. The van der Waals surface area contributed by atoms with Gasteiger partial charge in [-0.2, -0.15) is 10.5 Å². The Kier molecular flexibility index (Phi) is 4.32. The second-order valence-electron chi connectivity index (χ2n) is 8.75. The van der Waals surface area contributed by atoms with E-state index < -0.39 is 0 Å². The van der Waals surface area contributed by atoms with Gasteiger partial charge >= 0.3 is 0 Å². The second kappa shape index (κ2) is 7.71. The smallest absolute Gasteiger partial charge is 0.194 e. The van der Waals surface area contributed by atoms with Crippen LogP contribution >= 0.6 is 0 Å². The molecule has 4 aromatic rings. The average Bonchev–Trinajstić information content (AvgIpc) is 3.20. The van der Waals surface area contributed by atoms with Crippen LogP contribution in [-0.4, -0.2) is 5.78 Å². The molecule has 6 nitrogen and oxygen atoms in total. The van der Waals surface area contributed by atoms with Crippen LogP contribution in [0.5, 0.6) is 23.0 Å². The molecule has 0 unspecified atom stereocenters. The zero-order valence-electron chi connectivity index (χ0n) is 19.2. The van der Waals surface area contributed by atoms with Crippen molar-refractivity contribution in [2.75, 3.05) is 4.90 Å². The Morgan fingerprint density at radius 3 is 1.86 bits per heavy atom. The van der Waals surface area contributed by atoms with Gasteiger partial charge in [0.1, 0.15) is 23.4 Å². The van der Waals surface area contributed by atoms with Crippen LogP contribution in [-0.2, 0) is 0 Å². The monoisotopic (exact) mass is 477 g/mol. The highest BCUT2D eigenvalue weighted by Crippen LogP contribution is 2.59. The molecule has 0 N–H and O–H groups in total. The largest absolute Gasteiger partial charge is 0.453 e. The fraction of sp³-hybridized carbons (Fsp3) is 0. The van der Waals surface area contributed by atoms with Gasteiger partial charge in [0.15, 0.2) is 28.8 Å². The first-order valence-electron chi connectivity index (χ1n) is 11.6. The van der Waals surface area contributed by atoms with E-state index >= 15 is 0 Å². The molecular formula is C31H15N3O3. The molecule has 37 heavy (non-hydrogen) atoms. The van der Waals surface area contributed by atoms with Gasteiger partial charge in [-0.05, 0) is 53.6 Å². The van der Waals surface area contributed by atoms with E-state index in [9.17, 15) is 15.3 Å². The lowest BCUT2D eigenvalue weighted by molar-refractivity contribution is 0.104. The number of hydrogen-bond acceptors (Lipinski definition) is 6. The van der Waals surface area contributed by atoms with E-state index in [1.807, 2.05) is 72.8 Å². The van der Waals surface area contributed by atoms with Crippen LogP contribution < -0.4 is 14.4 Å². The van der Waals surface area contributed by atoms with E-state index in [0.717, 1.165) is 17.1 Å². The number of nitriles is 2. The van der Waals surface area contributed by atoms with Crippen molar-refractivity contribution < 1.29 is 14.3 Å². The number of fused-ring (bicyclic) bond motifs is 5. The number of anilines is 3. The van der Waals surface area contributed by atoms with Crippen molar-refractivity contribution in [1.82, 2.24) is 0 Å². The number of ketones is 1. The van der Waals surface area contributed by atoms with Crippen molar-refractivity contribution in [3.8, 4) is 35.1 Å². The Morgan fingerprint density at radius 1 is 0.730 bits per heavy atom. The Morgan fingerprint density at radius 2 is 1.27 bits per heavy atom. The second-order valence-corrected chi connectivity index (χ2v) is 8.75. The summed E-state index contributed by atoms with van der Waals surface area (Å²) in [4.78, 5) is 15.5. The SMILES string of the molecule is N#CC(C#N)=C1/C(=C/c2cc3c4c(c2)Oc2ccccc2N4c2ccccc2O3)C(=O)c2ccccc21. The van der Waals surface area contributed by atoms with Gasteiger partial charge in [-0.15, -0.1) is 0 Å². The zero-order chi connectivity index (χ0) is 25.1. The van der Waals surface area contributed by atoms with Crippen molar-refractivity contribution in [2.24, 2.45) is 0 Å². The summed E-state index contributed by atoms with van der Waals surface area (Å²) >= 11 is 0. The van der Waals surface area contributed by atoms with Gasteiger partial charge in [0.25, 0.3) is 0 Å². The van der Waals surface area contributed by atoms with Crippen LogP contribution in [0.25, 0.3) is 11.6 Å². The van der Waals surface area contributed by atoms with Gasteiger partial charge in [0, 0.05) is 16.7 Å². The number of hydrogen-bond donors (Lipinski definition) is 0. The van der Waals surface area contributed by atoms with Crippen molar-refractivity contribution in [1.29, 1.82) is 10.5 Å². The zero-order valence-corrected chi connectivity index (χ0v) is 19.2. The number of allylic oxidation sites excluding steroid dienone is 3. The van der Waals surface area contributed by atoms with Crippen LogP contribution in [0, 0.1) is 22.7 Å². The van der Waals surface area contributed by atoms with Crippen LogP contribution in [0.15, 0.2) is 96.1 Å². The van der Waals surface area contributed by atoms with E-state index in [1.165, 1.54) is 0 Å². The van der Waals surface area contributed by atoms with Crippen molar-refractivity contribution in [2.45, 2.75) is 0 Å². The molecule has 0 atom stereocenters. The summed E-state index contributed by atoms with van der Waals surface area (Å²) in [7, 11) is 0. The van der Waals surface area contributed by atoms with Crippen LogP contribution in [0.1, 0.15) is 21.5 Å². The Balaban J connectivity index is 1.45. The quantitative estimate of drug-likeness (QED) is 0.181. The Bertz CT molecular complexity index is 1750. The predicted octanol–water partition coefficient (Wildman–Crippen LogP) is 7.45. The summed E-state index contributed by atoms with van der Waals surface area (Å²) in [6.45, 7) is 0. The molecule has 0 fully saturated rings. The molecular weight excluding hydrogens is 462 g/mol. The van der Waals surface area contributed by atoms with Crippen LogP contribution in [0.3, 0.4) is 0 Å². The number of rotatable bonds is 1. The standard InChI is InChI=1S/C31H15N3O3/c32-16-19(17-33)29-20-7-1-2-8-21(20)31(35)22(29)13-18-14-27-30-28(15-18)37-26-12-6-4-10-24(26)34(30)23-9-3-5-11-25(23)36-27/h1-15H/b22-13-. The molecule has 0 saturated heterocycles. The summed E-state index contributed by atoms with van der Waals surface area (Å²) in [5, 5.41) is 19.3. The normalized spacial score (nSPS) is 14.9. The fourth-order valence-corrected chi connectivity index (χ4v) is 5.14. The number of Topliss-reactive ketones (excluding diaryl/α,β-unsaturated/α-hetero) is 1. The van der Waals surface area contributed by atoms with Gasteiger partial charge in [-0.25, -0.2) is 0 Å². The molecule has 0 bridgehead atoms. The minimum atomic E-state index is -0.237. The third-order valence-electron chi connectivity index (χ3n) is 6.68. The van der Waals surface area contributed by atoms with E-state index in [1.54, 1.807) is 30.3 Å². The molecule has 0 saturated carbocycles. The highest BCUT2D eigenvalue weighted by molar-refractivity contribution is 6.29. The number of para-hydroxylation sites is 4. The minimum absolute atomic E-state index is 0.106. The number of benzene rings is 4. The molecule has 2 heterocycles. The first kappa shape index (κ1) is 20.8. The number of nitrogens with zero attached hydrogens (tertiary/aromatic N) is 3. The minimum Gasteiger partial charge on any atom is -0.453 e. The maximum absolute atomic E-state index is 13.4. The van der Waals surface area contributed by atoms with Crippen molar-refractivity contribution in [3.63, 3.8) is 0 Å². The Hall–Kier alpha value is -5.59. The first-order valence-corrected chi connectivity index (χ1v) is 11.6. The molecule has 0 amide bonds. The highest BCUT2D eigenvalue weighted by Gasteiger charge is 2.36. The fourth-order valence-electron chi connectivity index (χ4n) is 5.14. The van der Waals surface area contributed by atoms with E-state index in [0.29, 0.717) is 45.3 Å². The summed E-state index contributed by atoms with van der Waals surface area (Å²) in [6.07, 6.45) is 1.70. The lowest BCUT2D eigenvalue weighted by Crippen LogP contribution is -2.20. The first-order chi connectivity index (χ1) is 18.2. The molecule has 6 heteroatoms. The molecule has 3 aliphatic rings. The van der Waals surface area contributed by atoms with Gasteiger partial charge in [0.2, 0.25) is 0 Å². The van der Waals surface area contributed by atoms with Gasteiger partial charge in [-0.1, -0.05) is 48.5 Å². The summed E-state index contributed by atoms with van der Waals surface area (Å²) in [5.74, 6) is 2.31.